The summed E-state index contributed by atoms with van der Waals surface area (Å²) in [6.45, 7) is 4.97. The Bertz CT molecular complexity index is 381. The molecule has 0 aliphatic carbocycles. The molecule has 3 atom stereocenters. The van der Waals surface area contributed by atoms with Gasteiger partial charge < -0.3 is 15.2 Å². The fourth-order valence-corrected chi connectivity index (χ4v) is 2.44. The van der Waals surface area contributed by atoms with Crippen molar-refractivity contribution in [3.05, 3.63) is 29.8 Å². The maximum Gasteiger partial charge on any atom is 0.118 e. The molecule has 3 unspecified atom stereocenters. The highest BCUT2D eigenvalue weighted by Crippen LogP contribution is 2.27. The first-order valence-corrected chi connectivity index (χ1v) is 7.15. The zero-order chi connectivity index (χ0) is 15.1. The molecular weight excluding hydrogens is 252 g/mol. The molecule has 20 heavy (non-hydrogen) atoms. The van der Waals surface area contributed by atoms with Crippen LogP contribution in [0.5, 0.6) is 5.75 Å². The molecule has 0 fully saturated rings. The van der Waals surface area contributed by atoms with Crippen LogP contribution in [0, 0.1) is 0 Å². The lowest BCUT2D eigenvalue weighted by Gasteiger charge is -2.36. The second-order valence-electron chi connectivity index (χ2n) is 5.26. The van der Waals surface area contributed by atoms with Crippen LogP contribution in [-0.4, -0.2) is 44.9 Å². The van der Waals surface area contributed by atoms with E-state index in [0.717, 1.165) is 12.2 Å². The largest absolute Gasteiger partial charge is 0.497 e. The van der Waals surface area contributed by atoms with E-state index in [1.54, 1.807) is 14.2 Å². The van der Waals surface area contributed by atoms with Crippen LogP contribution in [0.4, 0.5) is 0 Å². The van der Waals surface area contributed by atoms with Crippen molar-refractivity contribution < 1.29 is 9.47 Å². The number of hydrogen-bond donors (Lipinski definition) is 1. The predicted octanol–water partition coefficient (Wildman–Crippen LogP) is 2.44. The van der Waals surface area contributed by atoms with Gasteiger partial charge >= 0.3 is 0 Å². The minimum absolute atomic E-state index is 0.0905. The molecule has 114 valence electrons. The first kappa shape index (κ1) is 17.0. The van der Waals surface area contributed by atoms with Crippen molar-refractivity contribution in [1.29, 1.82) is 0 Å². The van der Waals surface area contributed by atoms with Crippen molar-refractivity contribution in [2.45, 2.75) is 38.4 Å². The first-order valence-electron chi connectivity index (χ1n) is 7.15. The van der Waals surface area contributed by atoms with Gasteiger partial charge in [-0.3, -0.25) is 4.90 Å². The number of rotatable bonds is 8. The van der Waals surface area contributed by atoms with E-state index >= 15 is 0 Å². The van der Waals surface area contributed by atoms with Crippen LogP contribution in [0.3, 0.4) is 0 Å². The van der Waals surface area contributed by atoms with Gasteiger partial charge in [0.2, 0.25) is 0 Å². The van der Waals surface area contributed by atoms with Crippen LogP contribution < -0.4 is 10.5 Å². The lowest BCUT2D eigenvalue weighted by atomic mass is 9.95. The average molecular weight is 280 g/mol. The van der Waals surface area contributed by atoms with E-state index in [4.69, 9.17) is 15.2 Å². The lowest BCUT2D eigenvalue weighted by molar-refractivity contribution is 0.0793. The van der Waals surface area contributed by atoms with E-state index in [1.807, 2.05) is 12.1 Å². The Kier molecular flexibility index (Phi) is 6.99. The van der Waals surface area contributed by atoms with Crippen molar-refractivity contribution >= 4 is 0 Å². The van der Waals surface area contributed by atoms with E-state index < -0.39 is 0 Å². The number of nitrogens with zero attached hydrogens (tertiary/aromatic N) is 1. The van der Waals surface area contributed by atoms with Crippen molar-refractivity contribution in [3.8, 4) is 5.75 Å². The summed E-state index contributed by atoms with van der Waals surface area (Å²) in [5.74, 6) is 0.866. The van der Waals surface area contributed by atoms with E-state index in [2.05, 4.69) is 37.9 Å². The summed E-state index contributed by atoms with van der Waals surface area (Å²) in [7, 11) is 5.51. The molecule has 4 heteroatoms. The van der Waals surface area contributed by atoms with Crippen molar-refractivity contribution in [1.82, 2.24) is 4.90 Å². The van der Waals surface area contributed by atoms with Crippen molar-refractivity contribution in [2.75, 3.05) is 27.9 Å². The van der Waals surface area contributed by atoms with Crippen LogP contribution in [0.1, 0.15) is 31.9 Å². The van der Waals surface area contributed by atoms with Gasteiger partial charge in [-0.1, -0.05) is 19.1 Å². The van der Waals surface area contributed by atoms with Gasteiger partial charge in [-0.2, -0.15) is 0 Å². The summed E-state index contributed by atoms with van der Waals surface area (Å²) < 4.78 is 10.5. The van der Waals surface area contributed by atoms with Crippen LogP contribution in [0.2, 0.25) is 0 Å². The number of hydrogen-bond acceptors (Lipinski definition) is 4. The fourth-order valence-electron chi connectivity index (χ4n) is 2.44. The third-order valence-corrected chi connectivity index (χ3v) is 3.88. The molecule has 0 aromatic heterocycles. The molecule has 0 spiro atoms. The standard InChI is InChI=1S/C16H28N2O2/c1-6-15(17)16(18(3)12(2)11-19-4)13-7-9-14(20-5)10-8-13/h7-10,12,15-16H,6,11,17H2,1-5H3. The Morgan fingerprint density at radius 2 is 1.80 bits per heavy atom. The predicted molar refractivity (Wildman–Crippen MR) is 83.1 cm³/mol. The normalized spacial score (nSPS) is 15.9. The third-order valence-electron chi connectivity index (χ3n) is 3.88. The van der Waals surface area contributed by atoms with Gasteiger partial charge in [0.25, 0.3) is 0 Å². The molecule has 0 heterocycles. The molecule has 0 amide bonds. The molecular formula is C16H28N2O2. The van der Waals surface area contributed by atoms with E-state index in [0.29, 0.717) is 12.6 Å². The zero-order valence-electron chi connectivity index (χ0n) is 13.3. The number of likely N-dealkylation sites (N-methyl/N-ethyl adjacent to an activating group) is 1. The van der Waals surface area contributed by atoms with Gasteiger partial charge in [0.05, 0.1) is 13.7 Å². The highest BCUT2D eigenvalue weighted by molar-refractivity contribution is 5.30. The maximum atomic E-state index is 6.34. The molecule has 1 aromatic rings. The summed E-state index contributed by atoms with van der Waals surface area (Å²) in [5, 5.41) is 0. The number of nitrogens with two attached hydrogens (primary N) is 1. The molecule has 0 saturated heterocycles. The molecule has 1 rings (SSSR count). The maximum absolute atomic E-state index is 6.34. The first-order chi connectivity index (χ1) is 9.54. The number of benzene rings is 1. The van der Waals surface area contributed by atoms with Crippen LogP contribution in [0.15, 0.2) is 24.3 Å². The molecule has 4 nitrogen and oxygen atoms in total. The monoisotopic (exact) mass is 280 g/mol. The van der Waals surface area contributed by atoms with Gasteiger partial charge in [-0.25, -0.2) is 0 Å². The van der Waals surface area contributed by atoms with Crippen molar-refractivity contribution in [3.63, 3.8) is 0 Å². The van der Waals surface area contributed by atoms with Crippen LogP contribution in [-0.2, 0) is 4.74 Å². The molecule has 0 aliphatic heterocycles. The summed E-state index contributed by atoms with van der Waals surface area (Å²) in [6.07, 6.45) is 0.931. The Labute approximate surface area is 122 Å². The summed E-state index contributed by atoms with van der Waals surface area (Å²) in [5.41, 5.74) is 7.55. The van der Waals surface area contributed by atoms with Gasteiger partial charge in [0.1, 0.15) is 5.75 Å². The minimum Gasteiger partial charge on any atom is -0.497 e. The Morgan fingerprint density at radius 1 is 1.20 bits per heavy atom. The summed E-state index contributed by atoms with van der Waals surface area (Å²) >= 11 is 0. The SMILES string of the molecule is CCC(N)C(c1ccc(OC)cc1)N(C)C(C)COC. The topological polar surface area (TPSA) is 47.7 Å². The Balaban J connectivity index is 2.98. The summed E-state index contributed by atoms with van der Waals surface area (Å²) in [6, 6.07) is 8.73. The minimum atomic E-state index is 0.0905. The van der Waals surface area contributed by atoms with Crippen LogP contribution in [0.25, 0.3) is 0 Å². The van der Waals surface area contributed by atoms with Gasteiger partial charge in [0.15, 0.2) is 0 Å². The van der Waals surface area contributed by atoms with E-state index in [9.17, 15) is 0 Å². The van der Waals surface area contributed by atoms with Gasteiger partial charge in [-0.15, -0.1) is 0 Å². The third kappa shape index (κ3) is 4.20. The zero-order valence-corrected chi connectivity index (χ0v) is 13.3. The molecule has 0 bridgehead atoms. The molecule has 2 N–H and O–H groups in total. The second-order valence-corrected chi connectivity index (χ2v) is 5.26. The molecule has 1 aromatic carbocycles. The molecule has 0 aliphatic rings. The second kappa shape index (κ2) is 8.25. The Morgan fingerprint density at radius 3 is 2.25 bits per heavy atom. The number of ether oxygens (including phenoxy) is 2. The smallest absolute Gasteiger partial charge is 0.118 e. The highest BCUT2D eigenvalue weighted by atomic mass is 16.5. The summed E-state index contributed by atoms with van der Waals surface area (Å²) in [4.78, 5) is 2.29. The van der Waals surface area contributed by atoms with Crippen molar-refractivity contribution in [2.24, 2.45) is 5.73 Å². The van der Waals surface area contributed by atoms with Gasteiger partial charge in [0, 0.05) is 25.2 Å². The molecule has 0 radical (unpaired) electrons. The number of methoxy groups -OCH3 is 2. The van der Waals surface area contributed by atoms with Gasteiger partial charge in [-0.05, 0) is 38.1 Å². The fraction of sp³-hybridized carbons (Fsp3) is 0.625. The van der Waals surface area contributed by atoms with E-state index in [-0.39, 0.29) is 12.1 Å². The average Bonchev–Trinajstić information content (AvgIpc) is 2.48. The molecule has 0 saturated carbocycles. The lowest BCUT2D eigenvalue weighted by Crippen LogP contribution is -2.44. The quantitative estimate of drug-likeness (QED) is 0.794. The van der Waals surface area contributed by atoms with E-state index in [1.165, 1.54) is 5.56 Å². The highest BCUT2D eigenvalue weighted by Gasteiger charge is 2.26. The van der Waals surface area contributed by atoms with Crippen LogP contribution >= 0.6 is 0 Å². The Hall–Kier alpha value is -1.10.